The van der Waals surface area contributed by atoms with Gasteiger partial charge in [0.2, 0.25) is 19.7 Å². The summed E-state index contributed by atoms with van der Waals surface area (Å²) in [6.45, 7) is 3.43. The van der Waals surface area contributed by atoms with Crippen molar-refractivity contribution in [3.63, 3.8) is 0 Å². The third-order valence-corrected chi connectivity index (χ3v) is 8.76. The summed E-state index contributed by atoms with van der Waals surface area (Å²) in [6, 6.07) is 14.0. The van der Waals surface area contributed by atoms with Crippen LogP contribution in [0, 0.1) is 13.8 Å². The van der Waals surface area contributed by atoms with Crippen molar-refractivity contribution in [3.8, 4) is 0 Å². The van der Waals surface area contributed by atoms with Gasteiger partial charge in [-0.05, 0) is 38.1 Å². The van der Waals surface area contributed by atoms with Gasteiger partial charge in [0, 0.05) is 0 Å². The molecule has 0 aliphatic heterocycles. The van der Waals surface area contributed by atoms with Gasteiger partial charge in [-0.1, -0.05) is 35.9 Å². The molecule has 2 aromatic carbocycles. The van der Waals surface area contributed by atoms with Crippen LogP contribution in [-0.4, -0.2) is 21.8 Å². The molecule has 0 atom stereocenters. The van der Waals surface area contributed by atoms with E-state index in [1.807, 2.05) is 6.92 Å². The van der Waals surface area contributed by atoms with Crippen LogP contribution in [0.25, 0.3) is 0 Å². The molecule has 1 heterocycles. The predicted molar refractivity (Wildman–Crippen MR) is 95.4 cm³/mol. The van der Waals surface area contributed by atoms with E-state index >= 15 is 0 Å². The van der Waals surface area contributed by atoms with Crippen LogP contribution in [0.1, 0.15) is 10.6 Å². The number of hydrogen-bond acceptors (Lipinski definition) is 6. The minimum Gasteiger partial charge on any atom is -0.228 e. The fourth-order valence-electron chi connectivity index (χ4n) is 2.26. The number of nitrogens with zero attached hydrogens (tertiary/aromatic N) is 1. The van der Waals surface area contributed by atoms with E-state index in [0.29, 0.717) is 5.01 Å². The maximum atomic E-state index is 12.9. The minimum atomic E-state index is -4.04. The topological polar surface area (TPSA) is 81.2 Å². The molecule has 0 amide bonds. The molecule has 25 heavy (non-hydrogen) atoms. The lowest BCUT2D eigenvalue weighted by atomic mass is 10.2. The highest BCUT2D eigenvalue weighted by Gasteiger charge is 2.33. The first-order valence-electron chi connectivity index (χ1n) is 7.32. The van der Waals surface area contributed by atoms with Crippen LogP contribution in [0.15, 0.2) is 73.6 Å². The second kappa shape index (κ2) is 6.36. The highest BCUT2D eigenvalue weighted by Crippen LogP contribution is 2.34. The number of aryl methyl sites for hydroxylation is 2. The lowest BCUT2D eigenvalue weighted by molar-refractivity contribution is 0.581. The first-order valence-corrected chi connectivity index (χ1v) is 11.1. The van der Waals surface area contributed by atoms with Crippen molar-refractivity contribution in [1.29, 1.82) is 0 Å². The van der Waals surface area contributed by atoms with Crippen LogP contribution < -0.4 is 0 Å². The molecule has 0 saturated heterocycles. The van der Waals surface area contributed by atoms with Crippen LogP contribution in [0.5, 0.6) is 0 Å². The third kappa shape index (κ3) is 3.24. The molecule has 0 aliphatic carbocycles. The first kappa shape index (κ1) is 17.8. The van der Waals surface area contributed by atoms with Crippen molar-refractivity contribution >= 4 is 31.0 Å². The molecule has 0 aliphatic rings. The summed E-state index contributed by atoms with van der Waals surface area (Å²) in [5.74, 6) is 0. The summed E-state index contributed by atoms with van der Waals surface area (Å²) in [6.07, 6.45) is 0. The Hall–Kier alpha value is -2.03. The molecule has 3 aromatic rings. The van der Waals surface area contributed by atoms with Gasteiger partial charge in [-0.3, -0.25) is 0 Å². The Labute approximate surface area is 150 Å². The molecule has 0 spiro atoms. The second-order valence-electron chi connectivity index (χ2n) is 5.46. The van der Waals surface area contributed by atoms with Crippen molar-refractivity contribution < 1.29 is 16.8 Å². The normalized spacial score (nSPS) is 12.2. The number of rotatable bonds is 4. The molecular formula is C17H15NO4S3. The minimum absolute atomic E-state index is 0.0212. The maximum absolute atomic E-state index is 12.9. The van der Waals surface area contributed by atoms with Gasteiger partial charge in [-0.2, -0.15) is 0 Å². The van der Waals surface area contributed by atoms with E-state index in [-0.39, 0.29) is 14.0 Å². The fraction of sp³-hybridized carbons (Fsp3) is 0.118. The van der Waals surface area contributed by atoms with Gasteiger partial charge in [-0.15, -0.1) is 11.3 Å². The summed E-state index contributed by atoms with van der Waals surface area (Å²) in [4.78, 5) is 4.09. The van der Waals surface area contributed by atoms with Crippen molar-refractivity contribution in [2.24, 2.45) is 0 Å². The van der Waals surface area contributed by atoms with Crippen molar-refractivity contribution in [2.45, 2.75) is 32.9 Å². The smallest absolute Gasteiger partial charge is 0.226 e. The number of sulfone groups is 2. The number of thiazole rings is 1. The van der Waals surface area contributed by atoms with E-state index in [9.17, 15) is 16.8 Å². The van der Waals surface area contributed by atoms with Crippen LogP contribution in [0.4, 0.5) is 0 Å². The largest absolute Gasteiger partial charge is 0.228 e. The monoisotopic (exact) mass is 393 g/mol. The number of hydrogen-bond donors (Lipinski definition) is 0. The van der Waals surface area contributed by atoms with Gasteiger partial charge in [0.25, 0.3) is 0 Å². The fourth-order valence-corrected chi connectivity index (χ4v) is 7.26. The van der Waals surface area contributed by atoms with E-state index in [4.69, 9.17) is 0 Å². The van der Waals surface area contributed by atoms with Crippen LogP contribution in [-0.2, 0) is 19.7 Å². The Balaban J connectivity index is 2.22. The molecule has 0 radical (unpaired) electrons. The SMILES string of the molecule is Cc1ccc(S(=O)(=O)c2nc(C)sc2S(=O)(=O)c2ccccc2)cc1. The Morgan fingerprint density at radius 3 is 1.92 bits per heavy atom. The molecule has 0 bridgehead atoms. The summed E-state index contributed by atoms with van der Waals surface area (Å²) in [7, 11) is -8.01. The predicted octanol–water partition coefficient (Wildman–Crippen LogP) is 3.43. The third-order valence-electron chi connectivity index (χ3n) is 3.56. The summed E-state index contributed by atoms with van der Waals surface area (Å²) in [5.41, 5.74) is 0.908. The molecule has 5 nitrogen and oxygen atoms in total. The molecule has 1 aromatic heterocycles. The van der Waals surface area contributed by atoms with Gasteiger partial charge in [0.1, 0.15) is 0 Å². The zero-order chi connectivity index (χ0) is 18.2. The molecule has 0 saturated carbocycles. The standard InChI is InChI=1S/C17H15NO4S3/c1-12-8-10-15(11-9-12)24(19,20)16-17(23-13(2)18-16)25(21,22)14-6-4-3-5-7-14/h3-11H,1-2H3. The lowest BCUT2D eigenvalue weighted by Crippen LogP contribution is -2.09. The molecular weight excluding hydrogens is 378 g/mol. The zero-order valence-corrected chi connectivity index (χ0v) is 16.0. The van der Waals surface area contributed by atoms with Crippen LogP contribution in [0.2, 0.25) is 0 Å². The Morgan fingerprint density at radius 1 is 0.760 bits per heavy atom. The quantitative estimate of drug-likeness (QED) is 0.678. The van der Waals surface area contributed by atoms with Gasteiger partial charge in [0.15, 0.2) is 9.24 Å². The lowest BCUT2D eigenvalue weighted by Gasteiger charge is -2.06. The van der Waals surface area contributed by atoms with Crippen molar-refractivity contribution in [2.75, 3.05) is 0 Å². The zero-order valence-electron chi connectivity index (χ0n) is 13.5. The van der Waals surface area contributed by atoms with Gasteiger partial charge in [0.05, 0.1) is 14.8 Å². The summed E-state index contributed by atoms with van der Waals surface area (Å²) in [5, 5.41) is -0.0390. The number of aromatic nitrogens is 1. The average molecular weight is 394 g/mol. The summed E-state index contributed by atoms with van der Waals surface area (Å²) < 4.78 is 51.4. The molecule has 0 fully saturated rings. The van der Waals surface area contributed by atoms with Crippen LogP contribution >= 0.6 is 11.3 Å². The first-order chi connectivity index (χ1) is 11.7. The van der Waals surface area contributed by atoms with Gasteiger partial charge in [-0.25, -0.2) is 21.8 Å². The van der Waals surface area contributed by atoms with E-state index in [0.717, 1.165) is 16.9 Å². The van der Waals surface area contributed by atoms with E-state index < -0.39 is 24.7 Å². The van der Waals surface area contributed by atoms with E-state index in [1.54, 1.807) is 37.3 Å². The highest BCUT2D eigenvalue weighted by molar-refractivity contribution is 7.96. The van der Waals surface area contributed by atoms with Crippen LogP contribution in [0.3, 0.4) is 0 Å². The second-order valence-corrected chi connectivity index (χ2v) is 10.7. The highest BCUT2D eigenvalue weighted by atomic mass is 32.2. The van der Waals surface area contributed by atoms with Gasteiger partial charge < -0.3 is 0 Å². The Morgan fingerprint density at radius 2 is 1.32 bits per heavy atom. The van der Waals surface area contributed by atoms with E-state index in [1.165, 1.54) is 24.3 Å². The molecule has 0 N–H and O–H groups in total. The molecule has 130 valence electrons. The molecule has 0 unspecified atom stereocenters. The number of benzene rings is 2. The average Bonchev–Trinajstić information content (AvgIpc) is 3.00. The Kier molecular flexibility index (Phi) is 4.52. The molecule has 8 heteroatoms. The molecule has 3 rings (SSSR count). The van der Waals surface area contributed by atoms with E-state index in [2.05, 4.69) is 4.98 Å². The van der Waals surface area contributed by atoms with Crippen molar-refractivity contribution in [1.82, 2.24) is 4.98 Å². The summed E-state index contributed by atoms with van der Waals surface area (Å²) >= 11 is 0.863. The van der Waals surface area contributed by atoms with Crippen molar-refractivity contribution in [3.05, 3.63) is 65.2 Å². The van der Waals surface area contributed by atoms with Gasteiger partial charge >= 0.3 is 0 Å². The maximum Gasteiger partial charge on any atom is 0.226 e. The Bertz CT molecular complexity index is 1110.